The Balaban J connectivity index is 3.60. The minimum Gasteiger partial charge on any atom is -0.481 e. The number of halogens is 2. The molecule has 82 valence electrons. The first-order valence-electron chi connectivity index (χ1n) is 4.23. The number of alkyl halides is 2. The third-order valence-electron chi connectivity index (χ3n) is 1.61. The summed E-state index contributed by atoms with van der Waals surface area (Å²) in [4.78, 5) is 20.6. The molecule has 0 aliphatic rings. The maximum atomic E-state index is 11.7. The Morgan fingerprint density at radius 1 is 1.43 bits per heavy atom. The second-order valence-electron chi connectivity index (χ2n) is 3.00. The predicted octanol–water partition coefficient (Wildman–Crippen LogP) is 1.01. The van der Waals surface area contributed by atoms with Gasteiger partial charge in [-0.05, 0) is 19.8 Å². The van der Waals surface area contributed by atoms with Gasteiger partial charge in [0, 0.05) is 12.5 Å². The van der Waals surface area contributed by atoms with Crippen molar-refractivity contribution in [3.05, 3.63) is 0 Å². The second-order valence-corrected chi connectivity index (χ2v) is 3.00. The van der Waals surface area contributed by atoms with E-state index in [1.807, 2.05) is 0 Å². The van der Waals surface area contributed by atoms with Gasteiger partial charge in [-0.15, -0.1) is 0 Å². The van der Waals surface area contributed by atoms with Gasteiger partial charge in [0.15, 0.2) is 0 Å². The highest BCUT2D eigenvalue weighted by Crippen LogP contribution is 2.01. The normalized spacial score (nSPS) is 12.6. The summed E-state index contributed by atoms with van der Waals surface area (Å²) >= 11 is 0. The van der Waals surface area contributed by atoms with Crippen molar-refractivity contribution in [3.63, 3.8) is 0 Å². The molecule has 1 unspecified atom stereocenters. The maximum absolute atomic E-state index is 11.7. The van der Waals surface area contributed by atoms with Crippen molar-refractivity contribution in [2.75, 3.05) is 0 Å². The van der Waals surface area contributed by atoms with Crippen LogP contribution in [0.15, 0.2) is 0 Å². The molecule has 0 heterocycles. The first kappa shape index (κ1) is 12.8. The number of carboxylic acids is 1. The van der Waals surface area contributed by atoms with Gasteiger partial charge in [-0.25, -0.2) is 0 Å². The minimum absolute atomic E-state index is 0.0190. The standard InChI is InChI=1S/C8H13F2NO3/c1-5(3-2-4-6(12)13)11-8(14)7(9)10/h5,7H,2-4H2,1H3,(H,11,14)(H,12,13). The van der Waals surface area contributed by atoms with Crippen molar-refractivity contribution in [1.82, 2.24) is 5.32 Å². The number of hydrogen-bond acceptors (Lipinski definition) is 2. The summed E-state index contributed by atoms with van der Waals surface area (Å²) in [6.45, 7) is 1.56. The van der Waals surface area contributed by atoms with E-state index in [0.717, 1.165) is 0 Å². The number of hydrogen-bond donors (Lipinski definition) is 2. The number of aliphatic carboxylic acids is 1. The number of carbonyl (C=O) groups excluding carboxylic acids is 1. The van der Waals surface area contributed by atoms with Gasteiger partial charge in [0.1, 0.15) is 0 Å². The molecule has 0 saturated heterocycles. The Hall–Kier alpha value is -1.20. The zero-order valence-electron chi connectivity index (χ0n) is 7.80. The summed E-state index contributed by atoms with van der Waals surface area (Å²) in [6, 6.07) is -0.421. The zero-order valence-corrected chi connectivity index (χ0v) is 7.80. The fraction of sp³-hybridized carbons (Fsp3) is 0.750. The van der Waals surface area contributed by atoms with Crippen molar-refractivity contribution in [3.8, 4) is 0 Å². The Morgan fingerprint density at radius 2 is 2.00 bits per heavy atom. The molecule has 4 nitrogen and oxygen atoms in total. The molecule has 0 aliphatic carbocycles. The second kappa shape index (κ2) is 6.28. The Bertz CT molecular complexity index is 209. The van der Waals surface area contributed by atoms with Crippen LogP contribution < -0.4 is 5.32 Å². The molecule has 14 heavy (non-hydrogen) atoms. The van der Waals surface area contributed by atoms with E-state index in [4.69, 9.17) is 5.11 Å². The van der Waals surface area contributed by atoms with Crippen molar-refractivity contribution in [2.24, 2.45) is 0 Å². The van der Waals surface area contributed by atoms with Gasteiger partial charge in [0.05, 0.1) is 0 Å². The summed E-state index contributed by atoms with van der Waals surface area (Å²) in [6.07, 6.45) is -2.29. The topological polar surface area (TPSA) is 66.4 Å². The zero-order chi connectivity index (χ0) is 11.1. The average Bonchev–Trinajstić information content (AvgIpc) is 2.02. The fourth-order valence-corrected chi connectivity index (χ4v) is 0.937. The van der Waals surface area contributed by atoms with Crippen LogP contribution >= 0.6 is 0 Å². The molecule has 0 aliphatic heterocycles. The molecule has 0 aromatic rings. The van der Waals surface area contributed by atoms with Gasteiger partial charge in [0.2, 0.25) is 0 Å². The largest absolute Gasteiger partial charge is 0.481 e. The number of amides is 1. The van der Waals surface area contributed by atoms with Crippen LogP contribution in [0.2, 0.25) is 0 Å². The summed E-state index contributed by atoms with van der Waals surface area (Å²) in [7, 11) is 0. The lowest BCUT2D eigenvalue weighted by atomic mass is 10.1. The smallest absolute Gasteiger partial charge is 0.315 e. The van der Waals surface area contributed by atoms with E-state index in [2.05, 4.69) is 5.32 Å². The Labute approximate surface area is 80.3 Å². The quantitative estimate of drug-likeness (QED) is 0.686. The highest BCUT2D eigenvalue weighted by molar-refractivity contribution is 5.79. The van der Waals surface area contributed by atoms with E-state index in [1.54, 1.807) is 6.92 Å². The molecule has 6 heteroatoms. The molecule has 2 N–H and O–H groups in total. The van der Waals surface area contributed by atoms with E-state index in [9.17, 15) is 18.4 Å². The average molecular weight is 209 g/mol. The summed E-state index contributed by atoms with van der Waals surface area (Å²) < 4.78 is 23.5. The Kier molecular flexibility index (Phi) is 5.74. The first-order chi connectivity index (χ1) is 6.43. The highest BCUT2D eigenvalue weighted by Gasteiger charge is 2.16. The van der Waals surface area contributed by atoms with E-state index in [1.165, 1.54) is 0 Å². The van der Waals surface area contributed by atoms with Crippen LogP contribution in [0.1, 0.15) is 26.2 Å². The van der Waals surface area contributed by atoms with Gasteiger partial charge < -0.3 is 10.4 Å². The van der Waals surface area contributed by atoms with Crippen molar-refractivity contribution in [2.45, 2.75) is 38.7 Å². The molecule has 0 aromatic heterocycles. The lowest BCUT2D eigenvalue weighted by Crippen LogP contribution is -2.36. The molecule has 0 radical (unpaired) electrons. The summed E-state index contributed by atoms with van der Waals surface area (Å²) in [5, 5.41) is 10.4. The van der Waals surface area contributed by atoms with Crippen LogP contribution in [-0.2, 0) is 9.59 Å². The molecule has 0 rings (SSSR count). The van der Waals surface area contributed by atoms with Gasteiger partial charge in [-0.1, -0.05) is 0 Å². The van der Waals surface area contributed by atoms with Crippen LogP contribution in [-0.4, -0.2) is 29.5 Å². The molecule has 0 bridgehead atoms. The van der Waals surface area contributed by atoms with Crippen molar-refractivity contribution < 1.29 is 23.5 Å². The molecular weight excluding hydrogens is 196 g/mol. The SMILES string of the molecule is CC(CCCC(=O)O)NC(=O)C(F)F. The maximum Gasteiger partial charge on any atom is 0.315 e. The molecule has 0 spiro atoms. The summed E-state index contributed by atoms with van der Waals surface area (Å²) in [5.74, 6) is -2.25. The number of carbonyl (C=O) groups is 2. The summed E-state index contributed by atoms with van der Waals surface area (Å²) in [5.41, 5.74) is 0. The van der Waals surface area contributed by atoms with Crippen LogP contribution in [0.5, 0.6) is 0 Å². The van der Waals surface area contributed by atoms with Crippen LogP contribution in [0.4, 0.5) is 8.78 Å². The molecule has 1 amide bonds. The third-order valence-corrected chi connectivity index (χ3v) is 1.61. The lowest BCUT2D eigenvalue weighted by Gasteiger charge is -2.12. The van der Waals surface area contributed by atoms with Crippen LogP contribution in [0.25, 0.3) is 0 Å². The molecule has 0 fully saturated rings. The van der Waals surface area contributed by atoms with Gasteiger partial charge in [-0.2, -0.15) is 8.78 Å². The lowest BCUT2D eigenvalue weighted by molar-refractivity contribution is -0.137. The predicted molar refractivity (Wildman–Crippen MR) is 45.1 cm³/mol. The monoisotopic (exact) mass is 209 g/mol. The highest BCUT2D eigenvalue weighted by atomic mass is 19.3. The van der Waals surface area contributed by atoms with Gasteiger partial charge >= 0.3 is 12.4 Å². The Morgan fingerprint density at radius 3 is 2.43 bits per heavy atom. The van der Waals surface area contributed by atoms with Gasteiger partial charge in [0.25, 0.3) is 5.91 Å². The van der Waals surface area contributed by atoms with Gasteiger partial charge in [-0.3, -0.25) is 9.59 Å². The molecular formula is C8H13F2NO3. The van der Waals surface area contributed by atoms with E-state index >= 15 is 0 Å². The minimum atomic E-state index is -3.02. The molecule has 0 aromatic carbocycles. The number of rotatable bonds is 6. The number of carboxylic acid groups (broad SMARTS) is 1. The van der Waals surface area contributed by atoms with Crippen LogP contribution in [0.3, 0.4) is 0 Å². The van der Waals surface area contributed by atoms with E-state index in [0.29, 0.717) is 12.8 Å². The molecule has 0 saturated carbocycles. The van der Waals surface area contributed by atoms with E-state index < -0.39 is 24.3 Å². The molecule has 1 atom stereocenters. The number of nitrogens with one attached hydrogen (secondary N) is 1. The third kappa shape index (κ3) is 6.33. The van der Waals surface area contributed by atoms with Crippen LogP contribution in [0, 0.1) is 0 Å². The van der Waals surface area contributed by atoms with Crippen molar-refractivity contribution in [1.29, 1.82) is 0 Å². The fourth-order valence-electron chi connectivity index (χ4n) is 0.937. The first-order valence-corrected chi connectivity index (χ1v) is 4.23. The van der Waals surface area contributed by atoms with E-state index in [-0.39, 0.29) is 6.42 Å². The van der Waals surface area contributed by atoms with Crippen molar-refractivity contribution >= 4 is 11.9 Å².